The molecular weight excluding hydrogens is 264 g/mol. The van der Waals surface area contributed by atoms with Crippen LogP contribution in [0.25, 0.3) is 22.4 Å². The van der Waals surface area contributed by atoms with Gasteiger partial charge in [-0.3, -0.25) is 4.79 Å². The fraction of sp³-hybridized carbons (Fsp3) is 0.0625. The molecule has 0 aliphatic carbocycles. The fourth-order valence-electron chi connectivity index (χ4n) is 2.58. The van der Waals surface area contributed by atoms with Gasteiger partial charge in [0.25, 0.3) is 0 Å². The highest BCUT2D eigenvalue weighted by Crippen LogP contribution is 2.30. The van der Waals surface area contributed by atoms with Gasteiger partial charge in [-0.1, -0.05) is 30.3 Å². The largest absolute Gasteiger partial charge is 0.326 e. The minimum Gasteiger partial charge on any atom is -0.326 e. The Hall–Kier alpha value is -2.95. The molecule has 2 aromatic carbocycles. The third-order valence-corrected chi connectivity index (χ3v) is 3.66. The minimum absolute atomic E-state index is 0.0588. The second kappa shape index (κ2) is 4.56. The maximum Gasteiger partial charge on any atom is 0.228 e. The third-order valence-electron chi connectivity index (χ3n) is 3.66. The van der Waals surface area contributed by atoms with Crippen molar-refractivity contribution in [3.8, 4) is 22.4 Å². The number of aromatic amines is 1. The van der Waals surface area contributed by atoms with Crippen LogP contribution in [-0.4, -0.2) is 21.3 Å². The SMILES string of the molecule is O=C1Cc2cc(-c3ccc(-c4cn[nH]n4)cc3)ccc2N1. The van der Waals surface area contributed by atoms with Gasteiger partial charge in [-0.05, 0) is 28.8 Å². The van der Waals surface area contributed by atoms with E-state index >= 15 is 0 Å². The van der Waals surface area contributed by atoms with Crippen LogP contribution in [0.5, 0.6) is 0 Å². The molecule has 2 heterocycles. The summed E-state index contributed by atoms with van der Waals surface area (Å²) in [6.45, 7) is 0. The highest BCUT2D eigenvalue weighted by Gasteiger charge is 2.17. The second-order valence-corrected chi connectivity index (χ2v) is 5.03. The monoisotopic (exact) mass is 276 g/mol. The molecule has 0 atom stereocenters. The molecule has 5 nitrogen and oxygen atoms in total. The Balaban J connectivity index is 1.68. The molecule has 0 radical (unpaired) electrons. The van der Waals surface area contributed by atoms with Gasteiger partial charge in [-0.2, -0.15) is 15.4 Å². The fourth-order valence-corrected chi connectivity index (χ4v) is 2.58. The first-order chi connectivity index (χ1) is 10.3. The first-order valence-corrected chi connectivity index (χ1v) is 6.69. The summed E-state index contributed by atoms with van der Waals surface area (Å²) in [5.74, 6) is 0.0588. The van der Waals surface area contributed by atoms with Gasteiger partial charge in [0.2, 0.25) is 5.91 Å². The molecule has 0 spiro atoms. The van der Waals surface area contributed by atoms with Crippen molar-refractivity contribution < 1.29 is 4.79 Å². The van der Waals surface area contributed by atoms with Crippen molar-refractivity contribution in [3.05, 3.63) is 54.2 Å². The molecule has 102 valence electrons. The number of anilines is 1. The van der Waals surface area contributed by atoms with Gasteiger partial charge in [-0.15, -0.1) is 0 Å². The summed E-state index contributed by atoms with van der Waals surface area (Å²) >= 11 is 0. The summed E-state index contributed by atoms with van der Waals surface area (Å²) in [5.41, 5.74) is 6.04. The maximum atomic E-state index is 11.4. The molecule has 4 rings (SSSR count). The Morgan fingerprint density at radius 2 is 1.71 bits per heavy atom. The zero-order valence-electron chi connectivity index (χ0n) is 11.1. The van der Waals surface area contributed by atoms with Gasteiger partial charge in [0.15, 0.2) is 0 Å². The lowest BCUT2D eigenvalue weighted by Gasteiger charge is -2.05. The van der Waals surface area contributed by atoms with Crippen LogP contribution < -0.4 is 5.32 Å². The quantitative estimate of drug-likeness (QED) is 0.756. The average molecular weight is 276 g/mol. The number of fused-ring (bicyclic) bond motifs is 1. The molecule has 21 heavy (non-hydrogen) atoms. The van der Waals surface area contributed by atoms with Gasteiger partial charge >= 0.3 is 0 Å². The van der Waals surface area contributed by atoms with E-state index in [-0.39, 0.29) is 5.91 Å². The van der Waals surface area contributed by atoms with Crippen LogP contribution >= 0.6 is 0 Å². The number of carbonyl (C=O) groups excluding carboxylic acids is 1. The molecule has 0 saturated heterocycles. The van der Waals surface area contributed by atoms with Crippen LogP contribution in [0.2, 0.25) is 0 Å². The van der Waals surface area contributed by atoms with Crippen molar-refractivity contribution in [1.29, 1.82) is 0 Å². The van der Waals surface area contributed by atoms with E-state index in [1.807, 2.05) is 24.3 Å². The molecule has 2 N–H and O–H groups in total. The summed E-state index contributed by atoms with van der Waals surface area (Å²) in [6.07, 6.45) is 2.15. The molecule has 1 amide bonds. The van der Waals surface area contributed by atoms with Crippen molar-refractivity contribution in [1.82, 2.24) is 15.4 Å². The first kappa shape index (κ1) is 11.8. The minimum atomic E-state index is 0.0588. The van der Waals surface area contributed by atoms with Crippen LogP contribution in [0, 0.1) is 0 Å². The first-order valence-electron chi connectivity index (χ1n) is 6.69. The Bertz CT molecular complexity index is 807. The normalized spacial score (nSPS) is 13.0. The lowest BCUT2D eigenvalue weighted by atomic mass is 10.00. The number of H-pyrrole nitrogens is 1. The lowest BCUT2D eigenvalue weighted by molar-refractivity contribution is -0.115. The summed E-state index contributed by atoms with van der Waals surface area (Å²) in [5, 5.41) is 13.3. The van der Waals surface area contributed by atoms with Gasteiger partial charge < -0.3 is 5.32 Å². The van der Waals surface area contributed by atoms with E-state index in [1.54, 1.807) is 6.20 Å². The smallest absolute Gasteiger partial charge is 0.228 e. The number of hydrogen-bond donors (Lipinski definition) is 2. The van der Waals surface area contributed by atoms with E-state index in [9.17, 15) is 4.79 Å². The van der Waals surface area contributed by atoms with Crippen LogP contribution in [0.1, 0.15) is 5.56 Å². The predicted octanol–water partition coefficient (Wildman–Crippen LogP) is 2.63. The average Bonchev–Trinajstić information content (AvgIpc) is 3.15. The lowest BCUT2D eigenvalue weighted by Crippen LogP contribution is -2.03. The number of nitrogens with zero attached hydrogens (tertiary/aromatic N) is 2. The van der Waals surface area contributed by atoms with E-state index in [0.29, 0.717) is 6.42 Å². The van der Waals surface area contributed by atoms with Crippen LogP contribution in [0.15, 0.2) is 48.7 Å². The Kier molecular flexibility index (Phi) is 2.57. The summed E-state index contributed by atoms with van der Waals surface area (Å²) < 4.78 is 0. The van der Waals surface area contributed by atoms with Crippen LogP contribution in [0.3, 0.4) is 0 Å². The van der Waals surface area contributed by atoms with E-state index in [1.165, 1.54) is 0 Å². The Morgan fingerprint density at radius 3 is 2.48 bits per heavy atom. The number of nitrogens with one attached hydrogen (secondary N) is 2. The number of carbonyl (C=O) groups is 1. The van der Waals surface area contributed by atoms with E-state index in [0.717, 1.165) is 33.6 Å². The predicted molar refractivity (Wildman–Crippen MR) is 79.6 cm³/mol. The van der Waals surface area contributed by atoms with Crippen LogP contribution in [0.4, 0.5) is 5.69 Å². The Labute approximate surface area is 121 Å². The number of hydrogen-bond acceptors (Lipinski definition) is 3. The summed E-state index contributed by atoms with van der Waals surface area (Å²) in [4.78, 5) is 11.4. The van der Waals surface area contributed by atoms with Crippen molar-refractivity contribution >= 4 is 11.6 Å². The van der Waals surface area contributed by atoms with Gasteiger partial charge in [-0.25, -0.2) is 0 Å². The van der Waals surface area contributed by atoms with Crippen molar-refractivity contribution in [3.63, 3.8) is 0 Å². The molecule has 5 heteroatoms. The number of amides is 1. The van der Waals surface area contributed by atoms with Crippen molar-refractivity contribution in [2.45, 2.75) is 6.42 Å². The highest BCUT2D eigenvalue weighted by molar-refractivity contribution is 5.99. The molecule has 0 fully saturated rings. The molecule has 3 aromatic rings. The maximum absolute atomic E-state index is 11.4. The van der Waals surface area contributed by atoms with Gasteiger partial charge in [0.05, 0.1) is 12.6 Å². The zero-order valence-corrected chi connectivity index (χ0v) is 11.1. The standard InChI is InChI=1S/C16H12N4O/c21-16-8-13-7-12(5-6-14(13)18-16)10-1-3-11(4-2-10)15-9-17-20-19-15/h1-7,9H,8H2,(H,18,21)(H,17,19,20). The zero-order chi connectivity index (χ0) is 14.2. The molecule has 1 aromatic heterocycles. The summed E-state index contributed by atoms with van der Waals surface area (Å²) in [7, 11) is 0. The van der Waals surface area contributed by atoms with E-state index in [2.05, 4.69) is 38.9 Å². The molecule has 0 saturated carbocycles. The van der Waals surface area contributed by atoms with E-state index < -0.39 is 0 Å². The highest BCUT2D eigenvalue weighted by atomic mass is 16.1. The molecule has 0 unspecified atom stereocenters. The molecule has 1 aliphatic heterocycles. The van der Waals surface area contributed by atoms with Crippen molar-refractivity contribution in [2.24, 2.45) is 0 Å². The number of benzene rings is 2. The number of aromatic nitrogens is 3. The Morgan fingerprint density at radius 1 is 0.952 bits per heavy atom. The second-order valence-electron chi connectivity index (χ2n) is 5.03. The topological polar surface area (TPSA) is 70.7 Å². The third kappa shape index (κ3) is 2.08. The van der Waals surface area contributed by atoms with E-state index in [4.69, 9.17) is 0 Å². The molecule has 0 bridgehead atoms. The summed E-state index contributed by atoms with van der Waals surface area (Å²) in [6, 6.07) is 14.2. The number of rotatable bonds is 2. The van der Waals surface area contributed by atoms with Crippen molar-refractivity contribution in [2.75, 3.05) is 5.32 Å². The van der Waals surface area contributed by atoms with Gasteiger partial charge in [0, 0.05) is 11.3 Å². The van der Waals surface area contributed by atoms with Crippen LogP contribution in [-0.2, 0) is 11.2 Å². The molecular formula is C16H12N4O. The molecule has 1 aliphatic rings. The van der Waals surface area contributed by atoms with Gasteiger partial charge in [0.1, 0.15) is 5.69 Å².